The number of halogens is 1. The van der Waals surface area contributed by atoms with Crippen LogP contribution in [0.5, 0.6) is 0 Å². The molecule has 4 rings (SSSR count). The second kappa shape index (κ2) is 4.80. The Labute approximate surface area is 124 Å². The molecular weight excluding hydrogens is 267 g/mol. The zero-order valence-electron chi connectivity index (χ0n) is 12.2. The number of likely N-dealkylation sites (tertiary alicyclic amines) is 2. The Hall–Kier alpha value is -1.42. The third-order valence-corrected chi connectivity index (χ3v) is 5.36. The minimum absolute atomic E-state index is 0.236. The Kier molecular flexibility index (Phi) is 3.03. The second-order valence-corrected chi connectivity index (χ2v) is 6.70. The van der Waals surface area contributed by atoms with Crippen molar-refractivity contribution in [1.82, 2.24) is 9.80 Å². The van der Waals surface area contributed by atoms with Crippen LogP contribution in [0.2, 0.25) is 0 Å². The quantitative estimate of drug-likeness (QED) is 0.851. The lowest BCUT2D eigenvalue weighted by atomic mass is 9.92. The molecule has 0 atom stereocenters. The maximum Gasteiger partial charge on any atom is 0.233 e. The Morgan fingerprint density at radius 2 is 1.71 bits per heavy atom. The van der Waals surface area contributed by atoms with Gasteiger partial charge in [0.1, 0.15) is 5.82 Å². The molecule has 2 heterocycles. The topological polar surface area (TPSA) is 23.6 Å². The fourth-order valence-corrected chi connectivity index (χ4v) is 3.78. The summed E-state index contributed by atoms with van der Waals surface area (Å²) in [7, 11) is 0. The molecule has 1 saturated carbocycles. The van der Waals surface area contributed by atoms with E-state index in [1.807, 2.05) is 4.90 Å². The molecule has 2 saturated heterocycles. The van der Waals surface area contributed by atoms with E-state index in [0.29, 0.717) is 6.04 Å². The van der Waals surface area contributed by atoms with E-state index in [-0.39, 0.29) is 17.1 Å². The van der Waals surface area contributed by atoms with E-state index in [2.05, 4.69) is 4.90 Å². The van der Waals surface area contributed by atoms with Crippen LogP contribution in [0.25, 0.3) is 0 Å². The van der Waals surface area contributed by atoms with Crippen molar-refractivity contribution in [2.24, 2.45) is 0 Å². The second-order valence-electron chi connectivity index (χ2n) is 6.70. The number of hydrogen-bond acceptors (Lipinski definition) is 2. The van der Waals surface area contributed by atoms with Crippen molar-refractivity contribution in [2.45, 2.75) is 37.1 Å². The Balaban J connectivity index is 1.42. The van der Waals surface area contributed by atoms with Crippen LogP contribution in [-0.4, -0.2) is 47.9 Å². The molecule has 0 unspecified atom stereocenters. The SMILES string of the molecule is O=C(N1CC(N2CCCC2)C1)C1(c2ccc(F)cc2)CC1. The summed E-state index contributed by atoms with van der Waals surface area (Å²) in [6.07, 6.45) is 4.40. The van der Waals surface area contributed by atoms with Crippen molar-refractivity contribution in [3.63, 3.8) is 0 Å². The van der Waals surface area contributed by atoms with Gasteiger partial charge in [-0.3, -0.25) is 9.69 Å². The average molecular weight is 288 g/mol. The highest BCUT2D eigenvalue weighted by molar-refractivity contribution is 5.92. The van der Waals surface area contributed by atoms with Crippen LogP contribution in [0.15, 0.2) is 24.3 Å². The summed E-state index contributed by atoms with van der Waals surface area (Å²) in [5.74, 6) is 0.0181. The van der Waals surface area contributed by atoms with Crippen molar-refractivity contribution < 1.29 is 9.18 Å². The predicted molar refractivity (Wildman–Crippen MR) is 78.5 cm³/mol. The lowest BCUT2D eigenvalue weighted by molar-refractivity contribution is -0.141. The number of carbonyl (C=O) groups is 1. The molecule has 3 fully saturated rings. The number of benzene rings is 1. The fraction of sp³-hybridized carbons (Fsp3) is 0.588. The third kappa shape index (κ3) is 2.16. The van der Waals surface area contributed by atoms with Crippen LogP contribution < -0.4 is 0 Å². The molecule has 0 aromatic heterocycles. The van der Waals surface area contributed by atoms with E-state index in [0.717, 1.165) is 31.5 Å². The summed E-state index contributed by atoms with van der Waals surface area (Å²) in [5.41, 5.74) is 0.641. The van der Waals surface area contributed by atoms with Gasteiger partial charge in [-0.25, -0.2) is 4.39 Å². The number of rotatable bonds is 3. The predicted octanol–water partition coefficient (Wildman–Crippen LogP) is 2.16. The first-order valence-corrected chi connectivity index (χ1v) is 7.98. The first-order valence-electron chi connectivity index (χ1n) is 7.98. The van der Waals surface area contributed by atoms with Gasteiger partial charge >= 0.3 is 0 Å². The van der Waals surface area contributed by atoms with E-state index < -0.39 is 0 Å². The van der Waals surface area contributed by atoms with Crippen LogP contribution >= 0.6 is 0 Å². The van der Waals surface area contributed by atoms with Crippen molar-refractivity contribution in [3.8, 4) is 0 Å². The van der Waals surface area contributed by atoms with E-state index in [1.165, 1.54) is 38.1 Å². The molecule has 4 heteroatoms. The summed E-state index contributed by atoms with van der Waals surface area (Å²) in [5, 5.41) is 0. The van der Waals surface area contributed by atoms with E-state index in [4.69, 9.17) is 0 Å². The van der Waals surface area contributed by atoms with Gasteiger partial charge in [-0.1, -0.05) is 12.1 Å². The summed E-state index contributed by atoms with van der Waals surface area (Å²) < 4.78 is 13.1. The normalized spacial score (nSPS) is 24.9. The highest BCUT2D eigenvalue weighted by atomic mass is 19.1. The zero-order chi connectivity index (χ0) is 14.4. The first kappa shape index (κ1) is 13.3. The molecule has 2 aliphatic heterocycles. The molecule has 112 valence electrons. The molecule has 1 amide bonds. The zero-order valence-corrected chi connectivity index (χ0v) is 12.2. The molecule has 0 radical (unpaired) electrons. The Bertz CT molecular complexity index is 540. The van der Waals surface area contributed by atoms with Crippen molar-refractivity contribution in [2.75, 3.05) is 26.2 Å². The molecule has 0 N–H and O–H groups in total. The van der Waals surface area contributed by atoms with Gasteiger partial charge in [-0.2, -0.15) is 0 Å². The molecular formula is C17H21FN2O. The van der Waals surface area contributed by atoms with Crippen LogP contribution in [0.1, 0.15) is 31.2 Å². The minimum Gasteiger partial charge on any atom is -0.339 e. The lowest BCUT2D eigenvalue weighted by Gasteiger charge is -2.45. The number of amides is 1. The average Bonchev–Trinajstić information content (AvgIpc) is 3.08. The van der Waals surface area contributed by atoms with Gasteiger partial charge < -0.3 is 4.90 Å². The smallest absolute Gasteiger partial charge is 0.233 e. The maximum atomic E-state index is 13.1. The van der Waals surface area contributed by atoms with Crippen molar-refractivity contribution in [3.05, 3.63) is 35.6 Å². The first-order chi connectivity index (χ1) is 10.2. The van der Waals surface area contributed by atoms with E-state index >= 15 is 0 Å². The molecule has 1 aliphatic carbocycles. The highest BCUT2D eigenvalue weighted by Gasteiger charge is 2.55. The van der Waals surface area contributed by atoms with Gasteiger partial charge in [0.15, 0.2) is 0 Å². The van der Waals surface area contributed by atoms with Gasteiger partial charge in [-0.05, 0) is 56.5 Å². The molecule has 3 nitrogen and oxygen atoms in total. The number of carbonyl (C=O) groups excluding carboxylic acids is 1. The van der Waals surface area contributed by atoms with Crippen LogP contribution in [0.4, 0.5) is 4.39 Å². The van der Waals surface area contributed by atoms with Gasteiger partial charge in [-0.15, -0.1) is 0 Å². The minimum atomic E-state index is -0.344. The van der Waals surface area contributed by atoms with Crippen LogP contribution in [-0.2, 0) is 10.2 Å². The molecule has 3 aliphatic rings. The number of hydrogen-bond donors (Lipinski definition) is 0. The molecule has 1 aromatic rings. The summed E-state index contributed by atoms with van der Waals surface area (Å²) in [4.78, 5) is 17.3. The Morgan fingerprint density at radius 3 is 2.29 bits per heavy atom. The molecule has 0 spiro atoms. The van der Waals surface area contributed by atoms with Crippen LogP contribution in [0.3, 0.4) is 0 Å². The fourth-order valence-electron chi connectivity index (χ4n) is 3.78. The standard InChI is InChI=1S/C17H21FN2O/c18-14-5-3-13(4-6-14)17(7-8-17)16(21)20-11-15(12-20)19-9-1-2-10-19/h3-6,15H,1-2,7-12H2. The van der Waals surface area contributed by atoms with Gasteiger partial charge in [0.25, 0.3) is 0 Å². The van der Waals surface area contributed by atoms with Gasteiger partial charge in [0.2, 0.25) is 5.91 Å². The van der Waals surface area contributed by atoms with Crippen molar-refractivity contribution in [1.29, 1.82) is 0 Å². The number of nitrogens with zero attached hydrogens (tertiary/aromatic N) is 2. The molecule has 1 aromatic carbocycles. The monoisotopic (exact) mass is 288 g/mol. The summed E-state index contributed by atoms with van der Waals surface area (Å²) in [6, 6.07) is 7.05. The molecule has 0 bridgehead atoms. The summed E-state index contributed by atoms with van der Waals surface area (Å²) >= 11 is 0. The maximum absolute atomic E-state index is 13.1. The van der Waals surface area contributed by atoms with Crippen LogP contribution in [0, 0.1) is 5.82 Å². The summed E-state index contributed by atoms with van der Waals surface area (Å²) in [6.45, 7) is 4.13. The van der Waals surface area contributed by atoms with E-state index in [1.54, 1.807) is 12.1 Å². The highest BCUT2D eigenvalue weighted by Crippen LogP contribution is 2.50. The van der Waals surface area contributed by atoms with Crippen molar-refractivity contribution >= 4 is 5.91 Å². The third-order valence-electron chi connectivity index (χ3n) is 5.36. The van der Waals surface area contributed by atoms with Gasteiger partial charge in [0, 0.05) is 19.1 Å². The lowest BCUT2D eigenvalue weighted by Crippen LogP contribution is -2.62. The molecule has 21 heavy (non-hydrogen) atoms. The Morgan fingerprint density at radius 1 is 1.10 bits per heavy atom. The van der Waals surface area contributed by atoms with Gasteiger partial charge in [0.05, 0.1) is 5.41 Å². The van der Waals surface area contributed by atoms with E-state index in [9.17, 15) is 9.18 Å². The largest absolute Gasteiger partial charge is 0.339 e.